The molecule has 0 amide bonds. The van der Waals surface area contributed by atoms with Gasteiger partial charge in [-0.2, -0.15) is 0 Å². The molecule has 1 unspecified atom stereocenters. The van der Waals surface area contributed by atoms with Crippen LogP contribution >= 0.6 is 0 Å². The summed E-state index contributed by atoms with van der Waals surface area (Å²) in [6, 6.07) is 20.5. The minimum Gasteiger partial charge on any atom is -0.456 e. The molecule has 2 aliphatic carbocycles. The molecule has 1 spiro atoms. The van der Waals surface area contributed by atoms with Crippen molar-refractivity contribution in [2.75, 3.05) is 0 Å². The van der Waals surface area contributed by atoms with Gasteiger partial charge < -0.3 is 4.74 Å². The van der Waals surface area contributed by atoms with E-state index in [9.17, 15) is 0 Å². The quantitative estimate of drug-likeness (QED) is 0.226. The number of rotatable bonds is 6. The molecule has 0 N–H and O–H groups in total. The fraction of sp³-hybridized carbons (Fsp3) is 0.351. The van der Waals surface area contributed by atoms with Gasteiger partial charge in [0, 0.05) is 21.9 Å². The minimum absolute atomic E-state index is 0.174. The Morgan fingerprint density at radius 2 is 1.55 bits per heavy atom. The molecule has 1 nitrogen and oxygen atoms in total. The van der Waals surface area contributed by atoms with Crippen LogP contribution in [0.15, 0.2) is 77.9 Å². The summed E-state index contributed by atoms with van der Waals surface area (Å²) < 4.78 is 6.76. The summed E-state index contributed by atoms with van der Waals surface area (Å²) in [5, 5.41) is 5.27. The lowest BCUT2D eigenvalue weighted by Gasteiger charge is -2.38. The van der Waals surface area contributed by atoms with Crippen LogP contribution in [0.5, 0.6) is 11.5 Å². The summed E-state index contributed by atoms with van der Waals surface area (Å²) in [5.41, 5.74) is 10.0. The Morgan fingerprint density at radius 3 is 2.32 bits per heavy atom. The van der Waals surface area contributed by atoms with Crippen LogP contribution in [0.2, 0.25) is 0 Å². The normalized spacial score (nSPS) is 19.0. The average molecular weight is 499 g/mol. The van der Waals surface area contributed by atoms with Gasteiger partial charge in [-0.1, -0.05) is 87.9 Å². The van der Waals surface area contributed by atoms with Crippen molar-refractivity contribution in [3.8, 4) is 22.6 Å². The van der Waals surface area contributed by atoms with E-state index in [1.54, 1.807) is 11.1 Å². The SMILES string of the molecule is CCC(CC)C1=CC2(CC(C(CC)CC)=C1)c1ccc3cccc4c3c1-c1c(cc3c(C)cccc3c12)O4. The zero-order chi connectivity index (χ0) is 26.2. The molecule has 4 aromatic rings. The fourth-order valence-electron chi connectivity index (χ4n) is 8.03. The number of benzene rings is 4. The van der Waals surface area contributed by atoms with Crippen LogP contribution in [0.1, 0.15) is 76.5 Å². The van der Waals surface area contributed by atoms with Crippen LogP contribution in [0, 0.1) is 18.8 Å². The van der Waals surface area contributed by atoms with Gasteiger partial charge in [0.1, 0.15) is 11.5 Å². The molecule has 192 valence electrons. The minimum atomic E-state index is -0.174. The third-order valence-electron chi connectivity index (χ3n) is 9.98. The maximum Gasteiger partial charge on any atom is 0.136 e. The highest BCUT2D eigenvalue weighted by Crippen LogP contribution is 2.64. The molecule has 1 aliphatic heterocycles. The summed E-state index contributed by atoms with van der Waals surface area (Å²) in [4.78, 5) is 0. The molecule has 38 heavy (non-hydrogen) atoms. The number of aryl methyl sites for hydroxylation is 1. The molecule has 0 aromatic heterocycles. The predicted molar refractivity (Wildman–Crippen MR) is 161 cm³/mol. The number of allylic oxidation sites excluding steroid dienone is 4. The van der Waals surface area contributed by atoms with Crippen LogP contribution in [0.25, 0.3) is 32.7 Å². The summed E-state index contributed by atoms with van der Waals surface area (Å²) >= 11 is 0. The van der Waals surface area contributed by atoms with E-state index in [-0.39, 0.29) is 5.41 Å². The molecule has 3 aliphatic rings. The van der Waals surface area contributed by atoms with Crippen LogP contribution in [-0.2, 0) is 5.41 Å². The smallest absolute Gasteiger partial charge is 0.136 e. The molecule has 4 aromatic carbocycles. The van der Waals surface area contributed by atoms with E-state index in [0.29, 0.717) is 11.8 Å². The third-order valence-corrected chi connectivity index (χ3v) is 9.98. The Kier molecular flexibility index (Phi) is 5.38. The molecule has 1 heteroatoms. The molecule has 1 heterocycles. The Morgan fingerprint density at radius 1 is 0.789 bits per heavy atom. The zero-order valence-corrected chi connectivity index (χ0v) is 23.4. The highest BCUT2D eigenvalue weighted by Gasteiger charge is 2.49. The van der Waals surface area contributed by atoms with Crippen LogP contribution in [0.4, 0.5) is 0 Å². The maximum absolute atomic E-state index is 6.76. The summed E-state index contributed by atoms with van der Waals surface area (Å²) in [6.45, 7) is 11.7. The highest BCUT2D eigenvalue weighted by atomic mass is 16.5. The lowest BCUT2D eigenvalue weighted by molar-refractivity contribution is 0.484. The second-order valence-electron chi connectivity index (χ2n) is 11.8. The first kappa shape index (κ1) is 23.8. The zero-order valence-electron chi connectivity index (χ0n) is 23.4. The van der Waals surface area contributed by atoms with Crippen molar-refractivity contribution >= 4 is 21.5 Å². The Balaban J connectivity index is 1.65. The molecule has 0 saturated heterocycles. The molecule has 0 fully saturated rings. The van der Waals surface area contributed by atoms with E-state index in [2.05, 4.69) is 101 Å². The van der Waals surface area contributed by atoms with Gasteiger partial charge in [0.15, 0.2) is 0 Å². The van der Waals surface area contributed by atoms with Gasteiger partial charge in [-0.25, -0.2) is 0 Å². The molecule has 0 saturated carbocycles. The predicted octanol–water partition coefficient (Wildman–Crippen LogP) is 10.8. The topological polar surface area (TPSA) is 9.23 Å². The number of ether oxygens (including phenoxy) is 1. The first-order valence-corrected chi connectivity index (χ1v) is 14.8. The fourth-order valence-corrected chi connectivity index (χ4v) is 8.03. The number of hydrogen-bond donors (Lipinski definition) is 0. The Hall–Kier alpha value is -3.32. The Bertz CT molecular complexity index is 1670. The van der Waals surface area contributed by atoms with Crippen LogP contribution in [0.3, 0.4) is 0 Å². The van der Waals surface area contributed by atoms with Gasteiger partial charge in [-0.05, 0) is 101 Å². The van der Waals surface area contributed by atoms with E-state index in [4.69, 9.17) is 4.74 Å². The van der Waals surface area contributed by atoms with Gasteiger partial charge in [-0.15, -0.1) is 0 Å². The van der Waals surface area contributed by atoms with Gasteiger partial charge in [0.2, 0.25) is 0 Å². The molecule has 1 atom stereocenters. The molecular weight excluding hydrogens is 460 g/mol. The van der Waals surface area contributed by atoms with E-state index in [1.807, 2.05) is 0 Å². The molecule has 0 bridgehead atoms. The van der Waals surface area contributed by atoms with Gasteiger partial charge in [0.05, 0.1) is 0 Å². The second-order valence-corrected chi connectivity index (χ2v) is 11.8. The lowest BCUT2D eigenvalue weighted by atomic mass is 9.65. The van der Waals surface area contributed by atoms with E-state index >= 15 is 0 Å². The summed E-state index contributed by atoms with van der Waals surface area (Å²) in [7, 11) is 0. The van der Waals surface area contributed by atoms with Crippen molar-refractivity contribution < 1.29 is 4.74 Å². The Labute approximate surface area is 227 Å². The molecular formula is C37H38O. The summed E-state index contributed by atoms with van der Waals surface area (Å²) in [5.74, 6) is 3.23. The molecule has 0 radical (unpaired) electrons. The van der Waals surface area contributed by atoms with Crippen molar-refractivity contribution in [1.29, 1.82) is 0 Å². The van der Waals surface area contributed by atoms with Gasteiger partial charge >= 0.3 is 0 Å². The van der Waals surface area contributed by atoms with Gasteiger partial charge in [-0.3, -0.25) is 0 Å². The second kappa shape index (κ2) is 8.60. The van der Waals surface area contributed by atoms with Crippen LogP contribution in [-0.4, -0.2) is 0 Å². The van der Waals surface area contributed by atoms with Crippen molar-refractivity contribution in [2.24, 2.45) is 11.8 Å². The van der Waals surface area contributed by atoms with E-state index in [1.165, 1.54) is 75.0 Å². The number of hydrogen-bond acceptors (Lipinski definition) is 1. The first-order chi connectivity index (χ1) is 18.5. The van der Waals surface area contributed by atoms with Gasteiger partial charge in [0.25, 0.3) is 0 Å². The van der Waals surface area contributed by atoms with Crippen LogP contribution < -0.4 is 4.74 Å². The standard InChI is InChI=1S/C37H38O/c1-6-23(7-2)26-18-27(24(8-3)9-4)21-37(20-26)30-17-16-25-13-11-15-31-33(25)34(30)35-32(38-31)19-29-22(5)12-10-14-28(29)36(35)37/h10-20,23-24H,6-9,21H2,1-5H3. The molecule has 7 rings (SSSR count). The third kappa shape index (κ3) is 3.05. The maximum atomic E-state index is 6.76. The van der Waals surface area contributed by atoms with Crippen molar-refractivity contribution in [3.05, 3.63) is 94.6 Å². The van der Waals surface area contributed by atoms with E-state index in [0.717, 1.165) is 17.9 Å². The number of fused-ring (bicyclic) bond motifs is 4. The summed E-state index contributed by atoms with van der Waals surface area (Å²) in [6.07, 6.45) is 11.1. The average Bonchev–Trinajstić information content (AvgIpc) is 3.21. The van der Waals surface area contributed by atoms with E-state index < -0.39 is 0 Å². The monoisotopic (exact) mass is 498 g/mol. The highest BCUT2D eigenvalue weighted by molar-refractivity contribution is 6.13. The largest absolute Gasteiger partial charge is 0.456 e. The van der Waals surface area contributed by atoms with Crippen molar-refractivity contribution in [3.63, 3.8) is 0 Å². The van der Waals surface area contributed by atoms with Crippen molar-refractivity contribution in [2.45, 2.75) is 72.1 Å². The van der Waals surface area contributed by atoms with Crippen molar-refractivity contribution in [1.82, 2.24) is 0 Å². The lowest BCUT2D eigenvalue weighted by Crippen LogP contribution is -2.29. The first-order valence-electron chi connectivity index (χ1n) is 14.8.